The van der Waals surface area contributed by atoms with Gasteiger partial charge < -0.3 is 5.11 Å². The molecular formula is C10H20O4S. The summed E-state index contributed by atoms with van der Waals surface area (Å²) in [7, 11) is -2.99. The van der Waals surface area contributed by atoms with Gasteiger partial charge in [-0.3, -0.25) is 4.79 Å². The molecule has 0 aliphatic carbocycles. The third-order valence-corrected chi connectivity index (χ3v) is 4.00. The average Bonchev–Trinajstić information content (AvgIpc) is 2.00. The van der Waals surface area contributed by atoms with E-state index in [2.05, 4.69) is 0 Å². The molecule has 0 aromatic rings. The van der Waals surface area contributed by atoms with Crippen LogP contribution in [0.3, 0.4) is 0 Å². The van der Waals surface area contributed by atoms with Crippen molar-refractivity contribution in [2.45, 2.75) is 33.6 Å². The van der Waals surface area contributed by atoms with Gasteiger partial charge >= 0.3 is 5.97 Å². The zero-order valence-electron chi connectivity index (χ0n) is 9.78. The molecule has 5 heteroatoms. The van der Waals surface area contributed by atoms with Crippen LogP contribution in [0.15, 0.2) is 0 Å². The molecule has 0 radical (unpaired) electrons. The lowest BCUT2D eigenvalue weighted by Gasteiger charge is -2.28. The van der Waals surface area contributed by atoms with E-state index in [4.69, 9.17) is 5.11 Å². The number of aliphatic carboxylic acids is 1. The topological polar surface area (TPSA) is 71.4 Å². The molecule has 1 N–H and O–H groups in total. The molecule has 0 rings (SSSR count). The van der Waals surface area contributed by atoms with Gasteiger partial charge in [0.05, 0.1) is 5.41 Å². The number of carboxylic acid groups (broad SMARTS) is 1. The van der Waals surface area contributed by atoms with Crippen LogP contribution in [0.4, 0.5) is 0 Å². The standard InChI is InChI=1S/C10H20O4S/c1-8(2)10(3,9(11)12)6-5-7-15(4,13)14/h8H,5-7H2,1-4H3,(H,11,12). The lowest BCUT2D eigenvalue weighted by Crippen LogP contribution is -2.33. The predicted molar refractivity (Wildman–Crippen MR) is 59.5 cm³/mol. The van der Waals surface area contributed by atoms with Crippen LogP contribution in [-0.4, -0.2) is 31.5 Å². The summed E-state index contributed by atoms with van der Waals surface area (Å²) >= 11 is 0. The third kappa shape index (κ3) is 4.64. The Morgan fingerprint density at radius 1 is 1.40 bits per heavy atom. The fourth-order valence-corrected chi connectivity index (χ4v) is 2.01. The molecule has 0 aliphatic heterocycles. The highest BCUT2D eigenvalue weighted by Gasteiger charge is 2.36. The number of carboxylic acids is 1. The summed E-state index contributed by atoms with van der Waals surface area (Å²) in [5.74, 6) is -0.802. The molecule has 0 aromatic carbocycles. The number of sulfone groups is 1. The van der Waals surface area contributed by atoms with Crippen molar-refractivity contribution in [3.63, 3.8) is 0 Å². The first-order valence-electron chi connectivity index (χ1n) is 5.00. The molecule has 0 saturated heterocycles. The van der Waals surface area contributed by atoms with Gasteiger partial charge in [0.25, 0.3) is 0 Å². The lowest BCUT2D eigenvalue weighted by molar-refractivity contribution is -0.151. The second-order valence-electron chi connectivity index (χ2n) is 4.61. The summed E-state index contributed by atoms with van der Waals surface area (Å²) in [6, 6.07) is 0. The highest BCUT2D eigenvalue weighted by atomic mass is 32.2. The number of hydrogen-bond acceptors (Lipinski definition) is 3. The van der Waals surface area contributed by atoms with E-state index in [0.717, 1.165) is 0 Å². The van der Waals surface area contributed by atoms with Crippen molar-refractivity contribution in [1.29, 1.82) is 0 Å². The van der Waals surface area contributed by atoms with Crippen molar-refractivity contribution < 1.29 is 18.3 Å². The van der Waals surface area contributed by atoms with Crippen LogP contribution in [0.25, 0.3) is 0 Å². The minimum atomic E-state index is -2.99. The first kappa shape index (κ1) is 14.4. The minimum absolute atomic E-state index is 0.00504. The van der Waals surface area contributed by atoms with Crippen molar-refractivity contribution in [2.75, 3.05) is 12.0 Å². The van der Waals surface area contributed by atoms with E-state index in [0.29, 0.717) is 12.8 Å². The first-order chi connectivity index (χ1) is 6.59. The minimum Gasteiger partial charge on any atom is -0.481 e. The van der Waals surface area contributed by atoms with Gasteiger partial charge in [0.2, 0.25) is 0 Å². The summed E-state index contributed by atoms with van der Waals surface area (Å²) in [5.41, 5.74) is -0.829. The van der Waals surface area contributed by atoms with Crippen molar-refractivity contribution in [2.24, 2.45) is 11.3 Å². The average molecular weight is 236 g/mol. The van der Waals surface area contributed by atoms with Gasteiger partial charge in [0.1, 0.15) is 9.84 Å². The summed E-state index contributed by atoms with van der Waals surface area (Å²) in [6.07, 6.45) is 1.97. The van der Waals surface area contributed by atoms with Gasteiger partial charge in [-0.2, -0.15) is 0 Å². The zero-order chi connectivity index (χ0) is 12.3. The van der Waals surface area contributed by atoms with Gasteiger partial charge in [-0.05, 0) is 25.7 Å². The van der Waals surface area contributed by atoms with Gasteiger partial charge in [-0.15, -0.1) is 0 Å². The molecule has 0 aliphatic rings. The Hall–Kier alpha value is -0.580. The molecule has 0 amide bonds. The lowest BCUT2D eigenvalue weighted by atomic mass is 9.76. The fraction of sp³-hybridized carbons (Fsp3) is 0.900. The van der Waals surface area contributed by atoms with E-state index in [-0.39, 0.29) is 11.7 Å². The van der Waals surface area contributed by atoms with Gasteiger partial charge in [-0.1, -0.05) is 13.8 Å². The van der Waals surface area contributed by atoms with E-state index >= 15 is 0 Å². The van der Waals surface area contributed by atoms with Crippen LogP contribution in [0.2, 0.25) is 0 Å². The monoisotopic (exact) mass is 236 g/mol. The molecule has 90 valence electrons. The van der Waals surface area contributed by atoms with Crippen LogP contribution < -0.4 is 0 Å². The Kier molecular flexibility index (Phi) is 4.77. The second kappa shape index (κ2) is 4.96. The Bertz CT molecular complexity index is 318. The van der Waals surface area contributed by atoms with Crippen molar-refractivity contribution in [3.8, 4) is 0 Å². The van der Waals surface area contributed by atoms with Gasteiger partial charge in [-0.25, -0.2) is 8.42 Å². The molecule has 0 bridgehead atoms. The number of hydrogen-bond donors (Lipinski definition) is 1. The summed E-state index contributed by atoms with van der Waals surface area (Å²) in [4.78, 5) is 11.1. The zero-order valence-corrected chi connectivity index (χ0v) is 10.6. The quantitative estimate of drug-likeness (QED) is 0.759. The Labute approximate surface area is 91.6 Å². The highest BCUT2D eigenvalue weighted by Crippen LogP contribution is 2.32. The molecule has 0 spiro atoms. The van der Waals surface area contributed by atoms with E-state index < -0.39 is 21.2 Å². The van der Waals surface area contributed by atoms with Crippen LogP contribution in [0, 0.1) is 11.3 Å². The smallest absolute Gasteiger partial charge is 0.309 e. The molecule has 0 aromatic heterocycles. The normalized spacial score (nSPS) is 16.3. The molecule has 0 saturated carbocycles. The van der Waals surface area contributed by atoms with Crippen LogP contribution >= 0.6 is 0 Å². The predicted octanol–water partition coefficient (Wildman–Crippen LogP) is 1.56. The van der Waals surface area contributed by atoms with E-state index in [1.807, 2.05) is 13.8 Å². The van der Waals surface area contributed by atoms with Gasteiger partial charge in [0, 0.05) is 12.0 Å². The first-order valence-corrected chi connectivity index (χ1v) is 7.07. The summed E-state index contributed by atoms with van der Waals surface area (Å²) in [5, 5.41) is 9.08. The maximum atomic E-state index is 11.1. The Morgan fingerprint density at radius 3 is 2.13 bits per heavy atom. The molecule has 4 nitrogen and oxygen atoms in total. The van der Waals surface area contributed by atoms with Crippen LogP contribution in [0.1, 0.15) is 33.6 Å². The van der Waals surface area contributed by atoms with Crippen molar-refractivity contribution >= 4 is 15.8 Å². The largest absolute Gasteiger partial charge is 0.481 e. The summed E-state index contributed by atoms with van der Waals surface area (Å²) < 4.78 is 21.8. The van der Waals surface area contributed by atoms with Crippen molar-refractivity contribution in [1.82, 2.24) is 0 Å². The number of rotatable bonds is 6. The summed E-state index contributed by atoms with van der Waals surface area (Å²) in [6.45, 7) is 5.35. The molecule has 1 unspecified atom stereocenters. The maximum Gasteiger partial charge on any atom is 0.309 e. The van der Waals surface area contributed by atoms with E-state index in [1.54, 1.807) is 6.92 Å². The third-order valence-electron chi connectivity index (χ3n) is 2.97. The molecule has 15 heavy (non-hydrogen) atoms. The SMILES string of the molecule is CC(C)C(C)(CCCS(C)(=O)=O)C(=O)O. The molecule has 0 heterocycles. The fourth-order valence-electron chi connectivity index (χ4n) is 1.34. The van der Waals surface area contributed by atoms with Crippen LogP contribution in [-0.2, 0) is 14.6 Å². The number of carbonyl (C=O) groups is 1. The van der Waals surface area contributed by atoms with Gasteiger partial charge in [0.15, 0.2) is 0 Å². The van der Waals surface area contributed by atoms with E-state index in [9.17, 15) is 13.2 Å². The Morgan fingerprint density at radius 2 is 1.87 bits per heavy atom. The maximum absolute atomic E-state index is 11.1. The Balaban J connectivity index is 4.40. The van der Waals surface area contributed by atoms with Crippen LogP contribution in [0.5, 0.6) is 0 Å². The molecule has 1 atom stereocenters. The highest BCUT2D eigenvalue weighted by molar-refractivity contribution is 7.90. The molecule has 0 fully saturated rings. The van der Waals surface area contributed by atoms with Crippen molar-refractivity contribution in [3.05, 3.63) is 0 Å². The van der Waals surface area contributed by atoms with E-state index in [1.165, 1.54) is 6.26 Å². The molecular weight excluding hydrogens is 216 g/mol. The second-order valence-corrected chi connectivity index (χ2v) is 6.87.